The lowest BCUT2D eigenvalue weighted by Crippen LogP contribution is -2.44. The summed E-state index contributed by atoms with van der Waals surface area (Å²) in [5, 5.41) is 9.37. The summed E-state index contributed by atoms with van der Waals surface area (Å²) in [4.78, 5) is 16.5. The van der Waals surface area contributed by atoms with E-state index in [0.717, 1.165) is 11.1 Å². The molecule has 0 aromatic heterocycles. The van der Waals surface area contributed by atoms with Crippen molar-refractivity contribution in [2.24, 2.45) is 0 Å². The summed E-state index contributed by atoms with van der Waals surface area (Å²) >= 11 is 5.83. The zero-order valence-electron chi connectivity index (χ0n) is 16.3. The Kier molecular flexibility index (Phi) is 7.09. The molecule has 1 heterocycles. The molecule has 1 fully saturated rings. The molecule has 0 spiro atoms. The summed E-state index contributed by atoms with van der Waals surface area (Å²) in [6.07, 6.45) is -0.250. The van der Waals surface area contributed by atoms with Crippen LogP contribution in [0.15, 0.2) is 42.5 Å². The Bertz CT molecular complexity index is 847. The number of hydrogen-bond acceptors (Lipinski definition) is 3. The second kappa shape index (κ2) is 9.55. The van der Waals surface area contributed by atoms with E-state index in [-0.39, 0.29) is 35.7 Å². The number of halogens is 3. The number of carbonyl (C=O) groups excluding carboxylic acids is 1. The third-order valence-corrected chi connectivity index (χ3v) is 5.59. The summed E-state index contributed by atoms with van der Waals surface area (Å²) < 4.78 is 28.0. The molecule has 2 aromatic carbocycles. The quantitative estimate of drug-likeness (QED) is 0.693. The molecule has 0 aliphatic carbocycles. The molecule has 1 saturated heterocycles. The topological polar surface area (TPSA) is 43.8 Å². The van der Waals surface area contributed by atoms with E-state index in [2.05, 4.69) is 0 Å². The van der Waals surface area contributed by atoms with Crippen molar-refractivity contribution in [2.75, 3.05) is 19.6 Å². The van der Waals surface area contributed by atoms with E-state index in [1.54, 1.807) is 35.2 Å². The van der Waals surface area contributed by atoms with Gasteiger partial charge < -0.3 is 10.0 Å². The van der Waals surface area contributed by atoms with Crippen molar-refractivity contribution < 1.29 is 18.7 Å². The first-order valence-corrected chi connectivity index (χ1v) is 10.1. The van der Waals surface area contributed by atoms with Crippen LogP contribution in [0.3, 0.4) is 0 Å². The number of likely N-dealkylation sites (tertiary alicyclic amines) is 1. The Morgan fingerprint density at radius 1 is 1.24 bits per heavy atom. The summed E-state index contributed by atoms with van der Waals surface area (Å²) in [5.74, 6) is -0.372. The fraction of sp³-hybridized carbons (Fsp3) is 0.409. The molecule has 7 heteroatoms. The van der Waals surface area contributed by atoms with Crippen LogP contribution in [0.5, 0.6) is 5.75 Å². The molecule has 0 saturated carbocycles. The van der Waals surface area contributed by atoms with Crippen molar-refractivity contribution in [1.29, 1.82) is 0 Å². The maximum absolute atomic E-state index is 14.7. The van der Waals surface area contributed by atoms with Crippen LogP contribution in [0, 0.1) is 5.82 Å². The number of phenols is 1. The normalized spacial score (nSPS) is 17.9. The number of rotatable bonds is 8. The second-order valence-corrected chi connectivity index (χ2v) is 7.78. The SMILES string of the molecule is CCN(CC(F)Cc1ccc(O)cc1)C1CCN(Cc2ccc(F)c(Cl)c2)C1=O. The van der Waals surface area contributed by atoms with Crippen LogP contribution in [0.1, 0.15) is 24.5 Å². The average molecular weight is 423 g/mol. The fourth-order valence-electron chi connectivity index (χ4n) is 3.76. The molecule has 1 aliphatic rings. The second-order valence-electron chi connectivity index (χ2n) is 7.37. The highest BCUT2D eigenvalue weighted by atomic mass is 35.5. The van der Waals surface area contributed by atoms with Gasteiger partial charge in [-0.05, 0) is 48.4 Å². The van der Waals surface area contributed by atoms with Crippen LogP contribution in [-0.4, -0.2) is 52.7 Å². The van der Waals surface area contributed by atoms with Crippen molar-refractivity contribution in [3.8, 4) is 5.75 Å². The third kappa shape index (κ3) is 5.46. The van der Waals surface area contributed by atoms with E-state index in [1.807, 2.05) is 11.8 Å². The minimum atomic E-state index is -1.11. The predicted octanol–water partition coefficient (Wildman–Crippen LogP) is 4.19. The van der Waals surface area contributed by atoms with Gasteiger partial charge in [0.05, 0.1) is 11.1 Å². The van der Waals surface area contributed by atoms with Crippen LogP contribution in [0.2, 0.25) is 5.02 Å². The highest BCUT2D eigenvalue weighted by Gasteiger charge is 2.36. The number of benzene rings is 2. The number of alkyl halides is 1. The third-order valence-electron chi connectivity index (χ3n) is 5.30. The summed E-state index contributed by atoms with van der Waals surface area (Å²) in [5.41, 5.74) is 1.57. The zero-order chi connectivity index (χ0) is 21.0. The Balaban J connectivity index is 1.58. The molecular weight excluding hydrogens is 398 g/mol. The summed E-state index contributed by atoms with van der Waals surface area (Å²) in [6.45, 7) is 3.60. The van der Waals surface area contributed by atoms with Gasteiger partial charge in [0.1, 0.15) is 17.7 Å². The minimum absolute atomic E-state index is 0.0374. The largest absolute Gasteiger partial charge is 0.508 e. The van der Waals surface area contributed by atoms with Crippen LogP contribution in [0.25, 0.3) is 0 Å². The highest BCUT2D eigenvalue weighted by Crippen LogP contribution is 2.23. The van der Waals surface area contributed by atoms with Gasteiger partial charge in [-0.2, -0.15) is 0 Å². The van der Waals surface area contributed by atoms with Gasteiger partial charge in [-0.3, -0.25) is 9.69 Å². The lowest BCUT2D eigenvalue weighted by molar-refractivity contribution is -0.132. The molecule has 3 rings (SSSR count). The van der Waals surface area contributed by atoms with Gasteiger partial charge in [0.2, 0.25) is 5.91 Å². The number of hydrogen-bond donors (Lipinski definition) is 1. The van der Waals surface area contributed by atoms with Crippen molar-refractivity contribution in [1.82, 2.24) is 9.80 Å². The molecule has 0 radical (unpaired) electrons. The molecule has 1 amide bonds. The van der Waals surface area contributed by atoms with Crippen molar-refractivity contribution >= 4 is 17.5 Å². The maximum Gasteiger partial charge on any atom is 0.240 e. The Morgan fingerprint density at radius 3 is 2.59 bits per heavy atom. The van der Waals surface area contributed by atoms with E-state index >= 15 is 0 Å². The van der Waals surface area contributed by atoms with E-state index < -0.39 is 12.0 Å². The number of nitrogens with zero attached hydrogens (tertiary/aromatic N) is 2. The lowest BCUT2D eigenvalue weighted by atomic mass is 10.1. The van der Waals surface area contributed by atoms with Crippen LogP contribution in [0.4, 0.5) is 8.78 Å². The molecular formula is C22H25ClF2N2O2. The van der Waals surface area contributed by atoms with Crippen LogP contribution in [-0.2, 0) is 17.8 Å². The molecule has 156 valence electrons. The van der Waals surface area contributed by atoms with E-state index in [0.29, 0.717) is 26.1 Å². The first-order chi connectivity index (χ1) is 13.9. The van der Waals surface area contributed by atoms with Gasteiger partial charge in [0.15, 0.2) is 0 Å². The molecule has 29 heavy (non-hydrogen) atoms. The smallest absolute Gasteiger partial charge is 0.240 e. The fourth-order valence-corrected chi connectivity index (χ4v) is 3.96. The zero-order valence-corrected chi connectivity index (χ0v) is 17.1. The van der Waals surface area contributed by atoms with Crippen LogP contribution >= 0.6 is 11.6 Å². The van der Waals surface area contributed by atoms with Gasteiger partial charge >= 0.3 is 0 Å². The highest BCUT2D eigenvalue weighted by molar-refractivity contribution is 6.30. The first-order valence-electron chi connectivity index (χ1n) is 9.76. The monoisotopic (exact) mass is 422 g/mol. The lowest BCUT2D eigenvalue weighted by Gasteiger charge is -2.28. The van der Waals surface area contributed by atoms with Crippen molar-refractivity contribution in [3.63, 3.8) is 0 Å². The van der Waals surface area contributed by atoms with Crippen molar-refractivity contribution in [3.05, 3.63) is 64.4 Å². The van der Waals surface area contributed by atoms with E-state index in [4.69, 9.17) is 11.6 Å². The number of carbonyl (C=O) groups is 1. The van der Waals surface area contributed by atoms with Crippen molar-refractivity contribution in [2.45, 2.75) is 38.5 Å². The Hall–Kier alpha value is -2.18. The minimum Gasteiger partial charge on any atom is -0.508 e. The van der Waals surface area contributed by atoms with Crippen LogP contribution < -0.4 is 0 Å². The standard InChI is InChI=1S/C22H25ClF2N2O2/c1-2-26(14-17(24)11-15-3-6-18(28)7-4-15)21-9-10-27(22(21)29)13-16-5-8-20(25)19(23)12-16/h3-8,12,17,21,28H,2,9-11,13-14H2,1H3. The first kappa shape index (κ1) is 21.5. The predicted molar refractivity (Wildman–Crippen MR) is 109 cm³/mol. The molecule has 4 nitrogen and oxygen atoms in total. The van der Waals surface area contributed by atoms with Gasteiger partial charge in [-0.25, -0.2) is 8.78 Å². The molecule has 1 aliphatic heterocycles. The summed E-state index contributed by atoms with van der Waals surface area (Å²) in [7, 11) is 0. The Morgan fingerprint density at radius 2 is 1.93 bits per heavy atom. The number of phenolic OH excluding ortho intramolecular Hbond substituents is 1. The molecule has 0 bridgehead atoms. The van der Waals surface area contributed by atoms with E-state index in [9.17, 15) is 18.7 Å². The van der Waals surface area contributed by atoms with E-state index in [1.165, 1.54) is 12.1 Å². The number of amides is 1. The average Bonchev–Trinajstić information content (AvgIpc) is 3.05. The maximum atomic E-state index is 14.7. The Labute approximate surface area is 174 Å². The molecule has 1 N–H and O–H groups in total. The molecule has 2 atom stereocenters. The number of likely N-dealkylation sites (N-methyl/N-ethyl adjacent to an activating group) is 1. The number of aromatic hydroxyl groups is 1. The van der Waals surface area contributed by atoms with Gasteiger partial charge in [0.25, 0.3) is 0 Å². The van der Waals surface area contributed by atoms with Gasteiger partial charge in [-0.15, -0.1) is 0 Å². The summed E-state index contributed by atoms with van der Waals surface area (Å²) in [6, 6.07) is 10.6. The molecule has 2 aromatic rings. The molecule has 2 unspecified atom stereocenters. The van der Waals surface area contributed by atoms with Gasteiger partial charge in [0, 0.05) is 26.1 Å². The van der Waals surface area contributed by atoms with Gasteiger partial charge in [-0.1, -0.05) is 36.7 Å².